The Hall–Kier alpha value is -0.660. The fourth-order valence-electron chi connectivity index (χ4n) is 2.10. The van der Waals surface area contributed by atoms with Crippen LogP contribution in [0.1, 0.15) is 32.1 Å². The van der Waals surface area contributed by atoms with Gasteiger partial charge in [0.1, 0.15) is 0 Å². The molecule has 0 spiro atoms. The Morgan fingerprint density at radius 3 is 2.88 bits per heavy atom. The Balaban J connectivity index is 2.08. The number of benzene rings is 1. The molecule has 1 aromatic carbocycles. The van der Waals surface area contributed by atoms with Gasteiger partial charge in [0.15, 0.2) is 0 Å². The lowest BCUT2D eigenvalue weighted by Gasteiger charge is -2.19. The Labute approximate surface area is 113 Å². The van der Waals surface area contributed by atoms with Crippen molar-refractivity contribution in [1.82, 2.24) is 0 Å². The molecule has 0 aliphatic heterocycles. The average Bonchev–Trinajstić information content (AvgIpc) is 2.28. The van der Waals surface area contributed by atoms with Gasteiger partial charge in [0, 0.05) is 6.04 Å². The molecule has 1 atom stereocenters. The summed E-state index contributed by atoms with van der Waals surface area (Å²) in [5.74, 6) is 0. The fourth-order valence-corrected chi connectivity index (χ4v) is 2.45. The van der Waals surface area contributed by atoms with Crippen LogP contribution in [0.2, 0.25) is 10.0 Å². The van der Waals surface area contributed by atoms with Gasteiger partial charge in [-0.15, -0.1) is 0 Å². The highest BCUT2D eigenvalue weighted by atomic mass is 35.5. The molecule has 0 radical (unpaired) electrons. The molecule has 1 aliphatic carbocycles. The first-order valence-electron chi connectivity index (χ1n) is 6.14. The van der Waals surface area contributed by atoms with E-state index in [0.29, 0.717) is 16.1 Å². The zero-order valence-corrected chi connectivity index (χ0v) is 11.3. The van der Waals surface area contributed by atoms with Crippen molar-refractivity contribution in [2.24, 2.45) is 0 Å². The summed E-state index contributed by atoms with van der Waals surface area (Å²) in [6.45, 7) is 0. The maximum absolute atomic E-state index is 6.17. The van der Waals surface area contributed by atoms with E-state index in [1.54, 1.807) is 0 Å². The van der Waals surface area contributed by atoms with Crippen molar-refractivity contribution in [2.45, 2.75) is 38.1 Å². The lowest BCUT2D eigenvalue weighted by atomic mass is 10.0. The second-order valence-electron chi connectivity index (χ2n) is 4.42. The first-order valence-corrected chi connectivity index (χ1v) is 6.90. The maximum Gasteiger partial charge on any atom is 0.0823 e. The van der Waals surface area contributed by atoms with Crippen molar-refractivity contribution < 1.29 is 0 Å². The van der Waals surface area contributed by atoms with E-state index >= 15 is 0 Å². The first-order chi connectivity index (χ1) is 8.27. The van der Waals surface area contributed by atoms with Gasteiger partial charge in [-0.1, -0.05) is 54.3 Å². The van der Waals surface area contributed by atoms with Crippen LogP contribution in [0.5, 0.6) is 0 Å². The Morgan fingerprint density at radius 2 is 2.00 bits per heavy atom. The van der Waals surface area contributed by atoms with Gasteiger partial charge in [-0.3, -0.25) is 0 Å². The predicted molar refractivity (Wildman–Crippen MR) is 76.1 cm³/mol. The second kappa shape index (κ2) is 6.32. The normalized spacial score (nSPS) is 22.6. The van der Waals surface area contributed by atoms with Crippen LogP contribution >= 0.6 is 23.2 Å². The van der Waals surface area contributed by atoms with Gasteiger partial charge in [-0.05, 0) is 31.4 Å². The summed E-state index contributed by atoms with van der Waals surface area (Å²) >= 11 is 12.2. The van der Waals surface area contributed by atoms with Crippen molar-refractivity contribution in [1.29, 1.82) is 0 Å². The molecule has 17 heavy (non-hydrogen) atoms. The summed E-state index contributed by atoms with van der Waals surface area (Å²) in [5.41, 5.74) is 0.925. The van der Waals surface area contributed by atoms with Crippen molar-refractivity contribution in [3.05, 3.63) is 40.4 Å². The second-order valence-corrected chi connectivity index (χ2v) is 5.20. The minimum Gasteiger partial charge on any atom is -0.378 e. The molecule has 0 heterocycles. The highest BCUT2D eigenvalue weighted by Gasteiger charge is 2.10. The Bertz CT molecular complexity index is 401. The molecule has 3 heteroatoms. The third-order valence-corrected chi connectivity index (χ3v) is 3.87. The average molecular weight is 270 g/mol. The number of hydrogen-bond acceptors (Lipinski definition) is 1. The Kier molecular flexibility index (Phi) is 4.75. The van der Waals surface area contributed by atoms with E-state index < -0.39 is 0 Å². The van der Waals surface area contributed by atoms with Gasteiger partial charge in [-0.25, -0.2) is 0 Å². The van der Waals surface area contributed by atoms with E-state index in [1.165, 1.54) is 25.7 Å². The minimum absolute atomic E-state index is 0.367. The van der Waals surface area contributed by atoms with Gasteiger partial charge in [0.25, 0.3) is 0 Å². The molecule has 0 saturated carbocycles. The maximum atomic E-state index is 6.17. The summed E-state index contributed by atoms with van der Waals surface area (Å²) in [4.78, 5) is 0. The molecule has 0 aromatic heterocycles. The molecule has 0 fully saturated rings. The zero-order chi connectivity index (χ0) is 12.1. The molecular weight excluding hydrogens is 253 g/mol. The minimum atomic E-state index is 0.367. The zero-order valence-electron chi connectivity index (χ0n) is 9.76. The van der Waals surface area contributed by atoms with Crippen molar-refractivity contribution in [3.8, 4) is 0 Å². The number of hydrogen-bond donors (Lipinski definition) is 1. The standard InChI is InChI=1S/C14H17Cl2N/c15-12-9-6-10-13(14(12)16)17-11-7-4-2-1-3-5-8-11/h4,6-7,9-11,17H,1-3,5,8H2/b7-4+. The fraction of sp³-hybridized carbons (Fsp3) is 0.429. The topological polar surface area (TPSA) is 12.0 Å². The molecule has 0 bridgehead atoms. The quantitative estimate of drug-likeness (QED) is 0.719. The smallest absolute Gasteiger partial charge is 0.0823 e. The highest BCUT2D eigenvalue weighted by Crippen LogP contribution is 2.30. The molecule has 1 N–H and O–H groups in total. The van der Waals surface area contributed by atoms with Crippen LogP contribution < -0.4 is 5.32 Å². The van der Waals surface area contributed by atoms with Crippen LogP contribution in [0.3, 0.4) is 0 Å². The van der Waals surface area contributed by atoms with E-state index in [0.717, 1.165) is 12.1 Å². The van der Waals surface area contributed by atoms with Gasteiger partial charge < -0.3 is 5.32 Å². The van der Waals surface area contributed by atoms with Gasteiger partial charge in [0.05, 0.1) is 15.7 Å². The summed E-state index contributed by atoms with van der Waals surface area (Å²) in [6.07, 6.45) is 10.7. The number of rotatable bonds is 2. The van der Waals surface area contributed by atoms with Crippen LogP contribution in [-0.4, -0.2) is 6.04 Å². The molecule has 92 valence electrons. The molecule has 1 nitrogen and oxygen atoms in total. The van der Waals surface area contributed by atoms with E-state index in [1.807, 2.05) is 18.2 Å². The van der Waals surface area contributed by atoms with E-state index in [9.17, 15) is 0 Å². The third-order valence-electron chi connectivity index (χ3n) is 3.05. The molecular formula is C14H17Cl2N. The van der Waals surface area contributed by atoms with Crippen molar-refractivity contribution >= 4 is 28.9 Å². The van der Waals surface area contributed by atoms with Crippen LogP contribution in [0, 0.1) is 0 Å². The number of halogens is 2. The van der Waals surface area contributed by atoms with Gasteiger partial charge in [0.2, 0.25) is 0 Å². The molecule has 0 amide bonds. The van der Waals surface area contributed by atoms with E-state index in [4.69, 9.17) is 23.2 Å². The summed E-state index contributed by atoms with van der Waals surface area (Å²) in [6, 6.07) is 6.07. The van der Waals surface area contributed by atoms with Crippen LogP contribution in [-0.2, 0) is 0 Å². The monoisotopic (exact) mass is 269 g/mol. The third kappa shape index (κ3) is 3.65. The highest BCUT2D eigenvalue weighted by molar-refractivity contribution is 6.43. The number of nitrogens with one attached hydrogen (secondary N) is 1. The lowest BCUT2D eigenvalue weighted by molar-refractivity contribution is 0.610. The van der Waals surface area contributed by atoms with Crippen molar-refractivity contribution in [3.63, 3.8) is 0 Å². The first kappa shape index (κ1) is 12.8. The van der Waals surface area contributed by atoms with E-state index in [-0.39, 0.29) is 0 Å². The molecule has 2 rings (SSSR count). The largest absolute Gasteiger partial charge is 0.378 e. The summed E-state index contributed by atoms with van der Waals surface area (Å²) < 4.78 is 0. The van der Waals surface area contributed by atoms with Crippen LogP contribution in [0.4, 0.5) is 5.69 Å². The Morgan fingerprint density at radius 1 is 1.12 bits per heavy atom. The molecule has 1 unspecified atom stereocenters. The lowest BCUT2D eigenvalue weighted by Crippen LogP contribution is -2.17. The SMILES string of the molecule is Clc1cccc(NC2/C=C/CCCCC2)c1Cl. The van der Waals surface area contributed by atoms with Crippen LogP contribution in [0.15, 0.2) is 30.4 Å². The van der Waals surface area contributed by atoms with E-state index in [2.05, 4.69) is 17.5 Å². The van der Waals surface area contributed by atoms with Gasteiger partial charge in [-0.2, -0.15) is 0 Å². The molecule has 1 aromatic rings. The van der Waals surface area contributed by atoms with Gasteiger partial charge >= 0.3 is 0 Å². The summed E-state index contributed by atoms with van der Waals surface area (Å²) in [5, 5.41) is 4.67. The van der Waals surface area contributed by atoms with Crippen molar-refractivity contribution in [2.75, 3.05) is 5.32 Å². The van der Waals surface area contributed by atoms with Crippen LogP contribution in [0.25, 0.3) is 0 Å². The number of allylic oxidation sites excluding steroid dienone is 1. The molecule has 0 saturated heterocycles. The summed E-state index contributed by atoms with van der Waals surface area (Å²) in [7, 11) is 0. The molecule has 1 aliphatic rings. The predicted octanol–water partition coefficient (Wildman–Crippen LogP) is 5.29. The number of anilines is 1.